The van der Waals surface area contributed by atoms with Crippen LogP contribution in [0.4, 0.5) is 0 Å². The Kier molecular flexibility index (Phi) is 6.06. The maximum absolute atomic E-state index is 11.8. The number of hydrogen-bond donors (Lipinski definition) is 1. The predicted molar refractivity (Wildman–Crippen MR) is 74.1 cm³/mol. The minimum atomic E-state index is -0.0188. The van der Waals surface area contributed by atoms with Crippen LogP contribution in [0, 0.1) is 0 Å². The summed E-state index contributed by atoms with van der Waals surface area (Å²) in [4.78, 5) is 12.3. The van der Waals surface area contributed by atoms with E-state index in [0.717, 1.165) is 23.9 Å². The van der Waals surface area contributed by atoms with E-state index in [1.807, 2.05) is 24.3 Å². The monoisotopic (exact) mass is 347 g/mol. The normalized spacial score (nSPS) is 12.2. The fraction of sp³-hybridized carbons (Fsp3) is 0.417. The summed E-state index contributed by atoms with van der Waals surface area (Å²) < 4.78 is 0.835. The van der Waals surface area contributed by atoms with Crippen LogP contribution < -0.4 is 5.32 Å². The third kappa shape index (κ3) is 4.66. The van der Waals surface area contributed by atoms with Gasteiger partial charge in [-0.05, 0) is 40.9 Å². The van der Waals surface area contributed by atoms with Crippen molar-refractivity contribution in [3.63, 3.8) is 0 Å². The van der Waals surface area contributed by atoms with E-state index in [4.69, 9.17) is 0 Å². The highest BCUT2D eigenvalue weighted by atomic mass is 79.9. The lowest BCUT2D eigenvalue weighted by Crippen LogP contribution is -2.25. The topological polar surface area (TPSA) is 29.1 Å². The minimum absolute atomic E-state index is 0.0188. The lowest BCUT2D eigenvalue weighted by molar-refractivity contribution is 0.0952. The van der Waals surface area contributed by atoms with E-state index < -0.39 is 0 Å². The van der Waals surface area contributed by atoms with Gasteiger partial charge in [-0.2, -0.15) is 0 Å². The number of halogens is 2. The summed E-state index contributed by atoms with van der Waals surface area (Å²) >= 11 is 6.84. The molecule has 1 unspecified atom stereocenters. The van der Waals surface area contributed by atoms with Crippen LogP contribution in [0.2, 0.25) is 0 Å². The molecule has 0 spiro atoms. The van der Waals surface area contributed by atoms with Gasteiger partial charge in [0.05, 0.1) is 5.56 Å². The Morgan fingerprint density at radius 2 is 2.12 bits per heavy atom. The number of nitrogens with one attached hydrogen (secondary N) is 1. The molecule has 4 heteroatoms. The summed E-state index contributed by atoms with van der Waals surface area (Å²) in [5, 5.41) is 2.91. The van der Waals surface area contributed by atoms with Crippen molar-refractivity contribution in [2.45, 2.75) is 24.6 Å². The molecule has 0 bridgehead atoms. The van der Waals surface area contributed by atoms with E-state index in [2.05, 4.69) is 44.1 Å². The van der Waals surface area contributed by atoms with Crippen LogP contribution in [-0.4, -0.2) is 17.3 Å². The van der Waals surface area contributed by atoms with Crippen LogP contribution in [0.15, 0.2) is 28.7 Å². The molecule has 16 heavy (non-hydrogen) atoms. The summed E-state index contributed by atoms with van der Waals surface area (Å²) in [6, 6.07) is 7.44. The van der Waals surface area contributed by atoms with E-state index in [0.29, 0.717) is 10.4 Å². The van der Waals surface area contributed by atoms with Gasteiger partial charge in [-0.25, -0.2) is 0 Å². The van der Waals surface area contributed by atoms with E-state index in [9.17, 15) is 4.79 Å². The van der Waals surface area contributed by atoms with Crippen molar-refractivity contribution in [2.75, 3.05) is 6.54 Å². The molecule has 1 rings (SSSR count). The lowest BCUT2D eigenvalue weighted by Gasteiger charge is -2.07. The molecule has 0 aliphatic rings. The van der Waals surface area contributed by atoms with Crippen LogP contribution in [0.5, 0.6) is 0 Å². The number of rotatable bonds is 5. The second-order valence-corrected chi connectivity index (χ2v) is 6.08. The first kappa shape index (κ1) is 13.7. The lowest BCUT2D eigenvalue weighted by atomic mass is 10.2. The SMILES string of the molecule is CC(Br)CCCNC(=O)c1ccccc1Br. The molecule has 2 nitrogen and oxygen atoms in total. The maximum atomic E-state index is 11.8. The van der Waals surface area contributed by atoms with Crippen LogP contribution in [0.1, 0.15) is 30.1 Å². The average molecular weight is 349 g/mol. The molecule has 0 radical (unpaired) electrons. The Balaban J connectivity index is 2.39. The smallest absolute Gasteiger partial charge is 0.252 e. The van der Waals surface area contributed by atoms with Gasteiger partial charge >= 0.3 is 0 Å². The van der Waals surface area contributed by atoms with Crippen molar-refractivity contribution < 1.29 is 4.79 Å². The highest BCUT2D eigenvalue weighted by Crippen LogP contribution is 2.15. The Labute approximate surface area is 113 Å². The summed E-state index contributed by atoms with van der Waals surface area (Å²) in [5.41, 5.74) is 0.689. The zero-order valence-electron chi connectivity index (χ0n) is 9.17. The van der Waals surface area contributed by atoms with Crippen LogP contribution in [0.3, 0.4) is 0 Å². The van der Waals surface area contributed by atoms with Crippen LogP contribution >= 0.6 is 31.9 Å². The molecule has 1 atom stereocenters. The molecule has 1 aromatic rings. The van der Waals surface area contributed by atoms with E-state index >= 15 is 0 Å². The van der Waals surface area contributed by atoms with E-state index in [-0.39, 0.29) is 5.91 Å². The first-order chi connectivity index (χ1) is 7.61. The van der Waals surface area contributed by atoms with Crippen LogP contribution in [0.25, 0.3) is 0 Å². The summed E-state index contributed by atoms with van der Waals surface area (Å²) in [5.74, 6) is -0.0188. The van der Waals surface area contributed by atoms with Gasteiger partial charge in [-0.3, -0.25) is 4.79 Å². The van der Waals surface area contributed by atoms with Gasteiger partial charge in [-0.1, -0.05) is 35.0 Å². The number of alkyl halides is 1. The summed E-state index contributed by atoms with van der Waals surface area (Å²) in [6.45, 7) is 2.83. The first-order valence-electron chi connectivity index (χ1n) is 5.28. The Hall–Kier alpha value is -0.350. The molecule has 1 aromatic carbocycles. The predicted octanol–water partition coefficient (Wildman–Crippen LogP) is 3.74. The molecule has 0 saturated carbocycles. The number of carbonyl (C=O) groups is 1. The molecule has 0 aliphatic carbocycles. The fourth-order valence-electron chi connectivity index (χ4n) is 1.33. The van der Waals surface area contributed by atoms with Gasteiger partial charge in [0.15, 0.2) is 0 Å². The third-order valence-electron chi connectivity index (χ3n) is 2.18. The number of carbonyl (C=O) groups excluding carboxylic acids is 1. The number of hydrogen-bond acceptors (Lipinski definition) is 1. The molecule has 0 fully saturated rings. The summed E-state index contributed by atoms with van der Waals surface area (Å²) in [6.07, 6.45) is 2.05. The second kappa shape index (κ2) is 7.07. The van der Waals surface area contributed by atoms with Gasteiger partial charge in [0.25, 0.3) is 5.91 Å². The van der Waals surface area contributed by atoms with Crippen molar-refractivity contribution in [3.05, 3.63) is 34.3 Å². The van der Waals surface area contributed by atoms with Crippen molar-refractivity contribution in [1.82, 2.24) is 5.32 Å². The molecular weight excluding hydrogens is 334 g/mol. The fourth-order valence-corrected chi connectivity index (χ4v) is 2.11. The van der Waals surface area contributed by atoms with Gasteiger partial charge in [-0.15, -0.1) is 0 Å². The molecule has 0 aliphatic heterocycles. The maximum Gasteiger partial charge on any atom is 0.252 e. The standard InChI is InChI=1S/C12H15Br2NO/c1-9(13)5-4-8-15-12(16)10-6-2-3-7-11(10)14/h2-3,6-7,9H,4-5,8H2,1H3,(H,15,16). The zero-order chi connectivity index (χ0) is 12.0. The van der Waals surface area contributed by atoms with Crippen molar-refractivity contribution >= 4 is 37.8 Å². The summed E-state index contributed by atoms with van der Waals surface area (Å²) in [7, 11) is 0. The molecule has 1 N–H and O–H groups in total. The van der Waals surface area contributed by atoms with E-state index in [1.54, 1.807) is 0 Å². The highest BCUT2D eigenvalue weighted by Gasteiger charge is 2.07. The second-order valence-electron chi connectivity index (χ2n) is 3.66. The Morgan fingerprint density at radius 3 is 2.75 bits per heavy atom. The largest absolute Gasteiger partial charge is 0.352 e. The van der Waals surface area contributed by atoms with Crippen molar-refractivity contribution in [1.29, 1.82) is 0 Å². The van der Waals surface area contributed by atoms with Crippen molar-refractivity contribution in [3.8, 4) is 0 Å². The Morgan fingerprint density at radius 1 is 1.44 bits per heavy atom. The van der Waals surface area contributed by atoms with Gasteiger partial charge in [0.1, 0.15) is 0 Å². The van der Waals surface area contributed by atoms with Crippen molar-refractivity contribution in [2.24, 2.45) is 0 Å². The van der Waals surface area contributed by atoms with Crippen LogP contribution in [-0.2, 0) is 0 Å². The zero-order valence-corrected chi connectivity index (χ0v) is 12.3. The minimum Gasteiger partial charge on any atom is -0.352 e. The Bertz CT molecular complexity index is 353. The number of amides is 1. The average Bonchev–Trinajstić information content (AvgIpc) is 2.24. The molecule has 0 heterocycles. The van der Waals surface area contributed by atoms with Gasteiger partial charge in [0, 0.05) is 15.8 Å². The quantitative estimate of drug-likeness (QED) is 0.637. The van der Waals surface area contributed by atoms with E-state index in [1.165, 1.54) is 0 Å². The third-order valence-corrected chi connectivity index (χ3v) is 3.33. The highest BCUT2D eigenvalue weighted by molar-refractivity contribution is 9.10. The van der Waals surface area contributed by atoms with Gasteiger partial charge in [0.2, 0.25) is 0 Å². The number of benzene rings is 1. The van der Waals surface area contributed by atoms with Gasteiger partial charge < -0.3 is 5.32 Å². The molecule has 0 saturated heterocycles. The molecule has 1 amide bonds. The molecule has 88 valence electrons. The molecule has 0 aromatic heterocycles. The first-order valence-corrected chi connectivity index (χ1v) is 6.99. The molecular formula is C12H15Br2NO.